The second-order valence-corrected chi connectivity index (χ2v) is 6.56. The molecule has 3 fully saturated rings. The molecule has 1 spiro atoms. The van der Waals surface area contributed by atoms with E-state index in [-0.39, 0.29) is 0 Å². The van der Waals surface area contributed by atoms with Crippen LogP contribution in [0.3, 0.4) is 0 Å². The van der Waals surface area contributed by atoms with Gasteiger partial charge < -0.3 is 5.32 Å². The van der Waals surface area contributed by atoms with Gasteiger partial charge in [0.05, 0.1) is 0 Å². The van der Waals surface area contributed by atoms with E-state index in [0.717, 1.165) is 12.0 Å². The van der Waals surface area contributed by atoms with Gasteiger partial charge in [0.15, 0.2) is 0 Å². The molecule has 1 saturated heterocycles. The van der Waals surface area contributed by atoms with E-state index in [2.05, 4.69) is 17.1 Å². The Morgan fingerprint density at radius 2 is 2.00 bits per heavy atom. The third-order valence-corrected chi connectivity index (χ3v) is 5.32. The zero-order valence-electron chi connectivity index (χ0n) is 11.4. The van der Waals surface area contributed by atoms with Gasteiger partial charge in [-0.05, 0) is 44.7 Å². The van der Waals surface area contributed by atoms with Crippen molar-refractivity contribution in [3.05, 3.63) is 0 Å². The van der Waals surface area contributed by atoms with Crippen LogP contribution in [-0.2, 0) is 0 Å². The highest BCUT2D eigenvalue weighted by molar-refractivity contribution is 5.01. The van der Waals surface area contributed by atoms with Gasteiger partial charge in [0, 0.05) is 18.1 Å². The maximum Gasteiger partial charge on any atom is 0.0308 e. The van der Waals surface area contributed by atoms with Crippen LogP contribution in [0.4, 0.5) is 0 Å². The van der Waals surface area contributed by atoms with E-state index in [9.17, 15) is 0 Å². The smallest absolute Gasteiger partial charge is 0.0308 e. The Kier molecular flexibility index (Phi) is 3.45. The van der Waals surface area contributed by atoms with Crippen LogP contribution < -0.4 is 5.32 Å². The average molecular weight is 236 g/mol. The zero-order chi connectivity index (χ0) is 11.7. The standard InChI is InChI=1S/C15H28N2/c1-2-13-11-14(13)17-10-6-9-16-15(12-17)7-4-3-5-8-15/h13-14,16H,2-12H2,1H3. The summed E-state index contributed by atoms with van der Waals surface area (Å²) in [6.45, 7) is 6.29. The summed E-state index contributed by atoms with van der Waals surface area (Å²) >= 11 is 0. The van der Waals surface area contributed by atoms with Crippen molar-refractivity contribution in [1.82, 2.24) is 10.2 Å². The molecule has 1 heterocycles. The Balaban J connectivity index is 1.65. The van der Waals surface area contributed by atoms with Gasteiger partial charge >= 0.3 is 0 Å². The second-order valence-electron chi connectivity index (χ2n) is 6.56. The minimum atomic E-state index is 0.496. The Morgan fingerprint density at radius 3 is 2.71 bits per heavy atom. The fraction of sp³-hybridized carbons (Fsp3) is 1.00. The summed E-state index contributed by atoms with van der Waals surface area (Å²) in [5, 5.41) is 3.90. The van der Waals surface area contributed by atoms with Crippen molar-refractivity contribution in [3.8, 4) is 0 Å². The van der Waals surface area contributed by atoms with Gasteiger partial charge in [0.25, 0.3) is 0 Å². The summed E-state index contributed by atoms with van der Waals surface area (Å²) in [6, 6.07) is 0.943. The first-order valence-electron chi connectivity index (χ1n) is 7.82. The third-order valence-electron chi connectivity index (χ3n) is 5.32. The largest absolute Gasteiger partial charge is 0.310 e. The number of hydrogen-bond donors (Lipinski definition) is 1. The molecular formula is C15H28N2. The summed E-state index contributed by atoms with van der Waals surface area (Å²) in [5.74, 6) is 1.02. The Hall–Kier alpha value is -0.0800. The van der Waals surface area contributed by atoms with Crippen molar-refractivity contribution in [1.29, 1.82) is 0 Å². The summed E-state index contributed by atoms with van der Waals surface area (Å²) in [6.07, 6.45) is 11.4. The van der Waals surface area contributed by atoms with Crippen molar-refractivity contribution in [2.45, 2.75) is 69.9 Å². The predicted octanol–water partition coefficient (Wildman–Crippen LogP) is 2.78. The van der Waals surface area contributed by atoms with Crippen LogP contribution >= 0.6 is 0 Å². The van der Waals surface area contributed by atoms with E-state index >= 15 is 0 Å². The van der Waals surface area contributed by atoms with Crippen molar-refractivity contribution >= 4 is 0 Å². The quantitative estimate of drug-likeness (QED) is 0.793. The van der Waals surface area contributed by atoms with Crippen molar-refractivity contribution < 1.29 is 0 Å². The first-order chi connectivity index (χ1) is 8.33. The lowest BCUT2D eigenvalue weighted by Gasteiger charge is -2.40. The molecule has 2 aliphatic carbocycles. The Morgan fingerprint density at radius 1 is 1.18 bits per heavy atom. The van der Waals surface area contributed by atoms with Crippen LogP contribution in [0, 0.1) is 5.92 Å². The molecule has 3 aliphatic rings. The maximum atomic E-state index is 3.90. The highest BCUT2D eigenvalue weighted by Crippen LogP contribution is 2.41. The molecule has 2 unspecified atom stereocenters. The topological polar surface area (TPSA) is 15.3 Å². The number of nitrogens with zero attached hydrogens (tertiary/aromatic N) is 1. The molecule has 1 N–H and O–H groups in total. The minimum absolute atomic E-state index is 0.496. The van der Waals surface area contributed by atoms with E-state index in [0.29, 0.717) is 5.54 Å². The fourth-order valence-electron chi connectivity index (χ4n) is 4.12. The first-order valence-corrected chi connectivity index (χ1v) is 7.82. The van der Waals surface area contributed by atoms with Crippen molar-refractivity contribution in [2.24, 2.45) is 5.92 Å². The van der Waals surface area contributed by atoms with Crippen molar-refractivity contribution in [2.75, 3.05) is 19.6 Å². The normalized spacial score (nSPS) is 37.9. The van der Waals surface area contributed by atoms with Crippen LogP contribution in [0.15, 0.2) is 0 Å². The molecule has 0 bridgehead atoms. The van der Waals surface area contributed by atoms with Crippen molar-refractivity contribution in [3.63, 3.8) is 0 Å². The lowest BCUT2D eigenvalue weighted by Crippen LogP contribution is -2.53. The number of nitrogens with one attached hydrogen (secondary N) is 1. The van der Waals surface area contributed by atoms with E-state index < -0.39 is 0 Å². The molecule has 0 radical (unpaired) electrons. The molecule has 2 heteroatoms. The number of rotatable bonds is 2. The van der Waals surface area contributed by atoms with Gasteiger partial charge in [-0.3, -0.25) is 4.90 Å². The van der Waals surface area contributed by atoms with E-state index in [1.54, 1.807) is 0 Å². The summed E-state index contributed by atoms with van der Waals surface area (Å²) in [7, 11) is 0. The molecule has 0 aromatic carbocycles. The maximum absolute atomic E-state index is 3.90. The molecular weight excluding hydrogens is 208 g/mol. The molecule has 98 valence electrons. The molecule has 2 nitrogen and oxygen atoms in total. The average Bonchev–Trinajstić information content (AvgIpc) is 3.14. The third kappa shape index (κ3) is 2.53. The first kappa shape index (κ1) is 12.0. The molecule has 0 amide bonds. The van der Waals surface area contributed by atoms with Gasteiger partial charge in [0.2, 0.25) is 0 Å². The van der Waals surface area contributed by atoms with Gasteiger partial charge in [-0.1, -0.05) is 32.6 Å². The van der Waals surface area contributed by atoms with Gasteiger partial charge in [-0.15, -0.1) is 0 Å². The number of hydrogen-bond acceptors (Lipinski definition) is 2. The van der Waals surface area contributed by atoms with Crippen LogP contribution in [0.5, 0.6) is 0 Å². The minimum Gasteiger partial charge on any atom is -0.310 e. The SMILES string of the molecule is CCC1CC1N1CCCNC2(CCCCC2)C1. The lowest BCUT2D eigenvalue weighted by molar-refractivity contribution is 0.154. The molecule has 0 aromatic rings. The predicted molar refractivity (Wildman–Crippen MR) is 72.2 cm³/mol. The molecule has 17 heavy (non-hydrogen) atoms. The van der Waals surface area contributed by atoms with Crippen LogP contribution in [0.1, 0.15) is 58.3 Å². The van der Waals surface area contributed by atoms with Crippen LogP contribution in [0.25, 0.3) is 0 Å². The van der Waals surface area contributed by atoms with E-state index in [1.165, 1.54) is 71.0 Å². The van der Waals surface area contributed by atoms with Gasteiger partial charge in [-0.2, -0.15) is 0 Å². The fourth-order valence-corrected chi connectivity index (χ4v) is 4.12. The Labute approximate surface area is 106 Å². The molecule has 0 aromatic heterocycles. The summed E-state index contributed by atoms with van der Waals surface area (Å²) < 4.78 is 0. The van der Waals surface area contributed by atoms with Crippen LogP contribution in [-0.4, -0.2) is 36.1 Å². The summed E-state index contributed by atoms with van der Waals surface area (Å²) in [5.41, 5.74) is 0.496. The molecule has 2 atom stereocenters. The highest BCUT2D eigenvalue weighted by atomic mass is 15.2. The Bertz CT molecular complexity index is 258. The zero-order valence-corrected chi connectivity index (χ0v) is 11.4. The van der Waals surface area contributed by atoms with Gasteiger partial charge in [0.1, 0.15) is 0 Å². The molecule has 2 saturated carbocycles. The van der Waals surface area contributed by atoms with E-state index in [1.807, 2.05) is 0 Å². The molecule has 3 rings (SSSR count). The summed E-state index contributed by atoms with van der Waals surface area (Å²) in [4.78, 5) is 2.83. The lowest BCUT2D eigenvalue weighted by atomic mass is 9.81. The van der Waals surface area contributed by atoms with E-state index in [4.69, 9.17) is 0 Å². The highest BCUT2D eigenvalue weighted by Gasteiger charge is 2.44. The second kappa shape index (κ2) is 4.89. The van der Waals surface area contributed by atoms with Crippen LogP contribution in [0.2, 0.25) is 0 Å². The molecule has 1 aliphatic heterocycles. The van der Waals surface area contributed by atoms with Gasteiger partial charge in [-0.25, -0.2) is 0 Å². The monoisotopic (exact) mass is 236 g/mol.